The van der Waals surface area contributed by atoms with Crippen molar-refractivity contribution in [2.45, 2.75) is 158 Å². The zero-order valence-corrected chi connectivity index (χ0v) is 26.8. The van der Waals surface area contributed by atoms with Crippen LogP contribution < -0.4 is 0 Å². The molecule has 0 radical (unpaired) electrons. The van der Waals surface area contributed by atoms with Crippen LogP contribution in [0.5, 0.6) is 11.5 Å². The smallest absolute Gasteiger partial charge is 0.161 e. The van der Waals surface area contributed by atoms with Crippen LogP contribution >= 0.6 is 0 Å². The first-order chi connectivity index (χ1) is 20.0. The third kappa shape index (κ3) is 3.40. The fraction of sp³-hybridized carbons (Fsp3) is 0.850. The highest BCUT2D eigenvalue weighted by atomic mass is 16.3. The first-order valence-electron chi connectivity index (χ1n) is 18.7. The van der Waals surface area contributed by atoms with Gasteiger partial charge in [-0.3, -0.25) is 0 Å². The summed E-state index contributed by atoms with van der Waals surface area (Å²) in [5.74, 6) is 8.40. The molecule has 2 nitrogen and oxygen atoms in total. The zero-order valence-electron chi connectivity index (χ0n) is 26.8. The van der Waals surface area contributed by atoms with E-state index in [-0.39, 0.29) is 21.7 Å². The first kappa shape index (κ1) is 26.1. The Kier molecular flexibility index (Phi) is 5.06. The van der Waals surface area contributed by atoms with Crippen molar-refractivity contribution in [1.82, 2.24) is 0 Å². The number of phenols is 2. The molecule has 228 valence electrons. The fourth-order valence-corrected chi connectivity index (χ4v) is 16.3. The predicted molar refractivity (Wildman–Crippen MR) is 168 cm³/mol. The van der Waals surface area contributed by atoms with Gasteiger partial charge in [0.05, 0.1) is 0 Å². The van der Waals surface area contributed by atoms with Crippen LogP contribution in [0, 0.1) is 53.3 Å². The molecule has 12 aliphatic carbocycles. The molecule has 0 aliphatic heterocycles. The summed E-state index contributed by atoms with van der Waals surface area (Å²) >= 11 is 0. The molecule has 0 unspecified atom stereocenters. The Morgan fingerprint density at radius 2 is 0.643 bits per heavy atom. The number of hydrogen-bond donors (Lipinski definition) is 2. The highest BCUT2D eigenvalue weighted by Crippen LogP contribution is 2.71. The van der Waals surface area contributed by atoms with Crippen molar-refractivity contribution in [3.63, 3.8) is 0 Å². The maximum atomic E-state index is 12.8. The molecule has 0 amide bonds. The Morgan fingerprint density at radius 1 is 0.405 bits per heavy atom. The molecule has 0 aromatic heterocycles. The van der Waals surface area contributed by atoms with E-state index in [4.69, 9.17) is 0 Å². The van der Waals surface area contributed by atoms with Crippen molar-refractivity contribution < 1.29 is 10.2 Å². The molecular formula is C40H56O2. The van der Waals surface area contributed by atoms with Crippen LogP contribution in [0.3, 0.4) is 0 Å². The molecule has 1 aromatic rings. The van der Waals surface area contributed by atoms with Gasteiger partial charge in [0.25, 0.3) is 0 Å². The molecule has 13 rings (SSSR count). The summed E-state index contributed by atoms with van der Waals surface area (Å²) in [6.45, 7) is 7.45. The average Bonchev–Trinajstić information content (AvgIpc) is 2.86. The van der Waals surface area contributed by atoms with E-state index < -0.39 is 0 Å². The lowest BCUT2D eigenvalue weighted by Gasteiger charge is -2.63. The Bertz CT molecular complexity index is 1230. The highest BCUT2D eigenvalue weighted by Gasteiger charge is 2.61. The standard InChI is InChI=1S/C40H56O2/c1-37(2,3)31-32(38-13-22-4-23(14-38)6-24(5-22)15-38)34(40-19-28-10-29(20-40)12-30(11-28)21-40)36(42)35(41)33(31)39-16-25-7-26(17-39)9-27(8-25)18-39/h22-30,41-42H,4-21H2,1-3H3. The SMILES string of the molecule is CC(C)(C)c1c(C23CC4CC(CC(C4)C2)C3)c(O)c(O)c(C23CC4CC(CC(C4)C2)C3)c1C12CC3CC(CC(C3)C1)C2. The van der Waals surface area contributed by atoms with Crippen LogP contribution in [-0.4, -0.2) is 10.2 Å². The van der Waals surface area contributed by atoms with Gasteiger partial charge in [0.1, 0.15) is 0 Å². The Hall–Kier alpha value is -1.18. The van der Waals surface area contributed by atoms with Crippen LogP contribution in [0.25, 0.3) is 0 Å². The highest BCUT2D eigenvalue weighted by molar-refractivity contribution is 5.68. The van der Waals surface area contributed by atoms with Gasteiger partial charge in [-0.2, -0.15) is 0 Å². The van der Waals surface area contributed by atoms with Crippen LogP contribution in [0.1, 0.15) is 159 Å². The van der Waals surface area contributed by atoms with Gasteiger partial charge in [-0.1, -0.05) is 20.8 Å². The number of benzene rings is 1. The van der Waals surface area contributed by atoms with Crippen molar-refractivity contribution in [1.29, 1.82) is 0 Å². The summed E-state index contributed by atoms with van der Waals surface area (Å²) in [6.07, 6.45) is 24.6. The first-order valence-corrected chi connectivity index (χ1v) is 18.7. The second-order valence-corrected chi connectivity index (χ2v) is 20.0. The number of aromatic hydroxyl groups is 2. The van der Waals surface area contributed by atoms with E-state index in [1.807, 2.05) is 0 Å². The maximum Gasteiger partial charge on any atom is 0.161 e. The van der Waals surface area contributed by atoms with Crippen LogP contribution in [0.4, 0.5) is 0 Å². The zero-order chi connectivity index (χ0) is 28.4. The molecule has 2 N–H and O–H groups in total. The topological polar surface area (TPSA) is 40.5 Å². The van der Waals surface area contributed by atoms with Crippen molar-refractivity contribution in [3.05, 3.63) is 22.3 Å². The second kappa shape index (κ2) is 8.15. The maximum absolute atomic E-state index is 12.8. The largest absolute Gasteiger partial charge is 0.504 e. The molecule has 0 heterocycles. The van der Waals surface area contributed by atoms with Crippen molar-refractivity contribution in [3.8, 4) is 11.5 Å². The second-order valence-electron chi connectivity index (χ2n) is 20.0. The minimum atomic E-state index is -0.0421. The van der Waals surface area contributed by atoms with Gasteiger partial charge in [0.2, 0.25) is 0 Å². The lowest BCUT2D eigenvalue weighted by molar-refractivity contribution is -0.0206. The summed E-state index contributed by atoms with van der Waals surface area (Å²) in [6, 6.07) is 0. The molecule has 2 heteroatoms. The number of rotatable bonds is 3. The molecule has 42 heavy (non-hydrogen) atoms. The van der Waals surface area contributed by atoms with Gasteiger partial charge in [-0.05, 0) is 191 Å². The monoisotopic (exact) mass is 568 g/mol. The summed E-state index contributed by atoms with van der Waals surface area (Å²) in [5.41, 5.74) is 6.19. The van der Waals surface area contributed by atoms with Crippen molar-refractivity contribution >= 4 is 0 Å². The fourth-order valence-electron chi connectivity index (χ4n) is 16.3. The third-order valence-corrected chi connectivity index (χ3v) is 15.9. The van der Waals surface area contributed by atoms with E-state index in [0.717, 1.165) is 53.3 Å². The van der Waals surface area contributed by atoms with E-state index in [0.29, 0.717) is 11.5 Å². The molecule has 12 bridgehead atoms. The van der Waals surface area contributed by atoms with Crippen LogP contribution in [0.15, 0.2) is 0 Å². The molecule has 1 aromatic carbocycles. The van der Waals surface area contributed by atoms with Gasteiger partial charge in [-0.15, -0.1) is 0 Å². The summed E-state index contributed by atoms with van der Waals surface area (Å²) < 4.78 is 0. The van der Waals surface area contributed by atoms with E-state index >= 15 is 0 Å². The van der Waals surface area contributed by atoms with Gasteiger partial charge >= 0.3 is 0 Å². The van der Waals surface area contributed by atoms with Crippen molar-refractivity contribution in [2.75, 3.05) is 0 Å². The Balaban J connectivity index is 1.28. The average molecular weight is 569 g/mol. The van der Waals surface area contributed by atoms with E-state index in [9.17, 15) is 10.2 Å². The van der Waals surface area contributed by atoms with Crippen molar-refractivity contribution in [2.24, 2.45) is 53.3 Å². The lowest BCUT2D eigenvalue weighted by atomic mass is 9.42. The molecule has 0 saturated heterocycles. The normalized spacial score (nSPS) is 51.2. The summed E-state index contributed by atoms with van der Waals surface area (Å²) in [7, 11) is 0. The Morgan fingerprint density at radius 3 is 0.929 bits per heavy atom. The minimum Gasteiger partial charge on any atom is -0.504 e. The van der Waals surface area contributed by atoms with Gasteiger partial charge in [-0.25, -0.2) is 0 Å². The molecule has 0 atom stereocenters. The summed E-state index contributed by atoms with van der Waals surface area (Å²) in [4.78, 5) is 0. The molecule has 12 saturated carbocycles. The quantitative estimate of drug-likeness (QED) is 0.356. The van der Waals surface area contributed by atoms with Crippen LogP contribution in [-0.2, 0) is 21.7 Å². The minimum absolute atomic E-state index is 0.0421. The Labute approximate surface area is 254 Å². The third-order valence-electron chi connectivity index (χ3n) is 15.9. The molecule has 12 aliphatic rings. The molecular weight excluding hydrogens is 512 g/mol. The predicted octanol–water partition coefficient (Wildman–Crippen LogP) is 9.80. The van der Waals surface area contributed by atoms with E-state index in [1.54, 1.807) is 11.1 Å². The molecule has 12 fully saturated rings. The van der Waals surface area contributed by atoms with Gasteiger partial charge in [0.15, 0.2) is 11.5 Å². The summed E-state index contributed by atoms with van der Waals surface area (Å²) in [5, 5.41) is 25.4. The van der Waals surface area contributed by atoms with Crippen LogP contribution in [0.2, 0.25) is 0 Å². The van der Waals surface area contributed by atoms with E-state index in [1.165, 1.54) is 127 Å². The number of phenolic OH excluding ortho intramolecular Hbond substituents is 2. The van der Waals surface area contributed by atoms with Gasteiger partial charge < -0.3 is 10.2 Å². The molecule has 0 spiro atoms. The van der Waals surface area contributed by atoms with Gasteiger partial charge in [0, 0.05) is 22.0 Å². The number of hydrogen-bond acceptors (Lipinski definition) is 2. The van der Waals surface area contributed by atoms with E-state index in [2.05, 4.69) is 20.8 Å². The lowest BCUT2D eigenvalue weighted by Crippen LogP contribution is -2.54.